The van der Waals surface area contributed by atoms with Crippen molar-refractivity contribution >= 4 is 0 Å². The summed E-state index contributed by atoms with van der Waals surface area (Å²) in [7, 11) is 1.69. The molecule has 0 aliphatic carbocycles. The van der Waals surface area contributed by atoms with E-state index in [2.05, 4.69) is 35.2 Å². The molecule has 2 rings (SSSR count). The van der Waals surface area contributed by atoms with E-state index in [4.69, 9.17) is 4.74 Å². The summed E-state index contributed by atoms with van der Waals surface area (Å²) in [6, 6.07) is 7.95. The highest BCUT2D eigenvalue weighted by Gasteiger charge is 2.20. The highest BCUT2D eigenvalue weighted by Crippen LogP contribution is 2.29. The van der Waals surface area contributed by atoms with E-state index < -0.39 is 0 Å². The van der Waals surface area contributed by atoms with Gasteiger partial charge in [0, 0.05) is 18.0 Å². The Balaban J connectivity index is 2.43. The molecule has 1 unspecified atom stereocenters. The maximum absolute atomic E-state index is 5.49. The number of aromatic nitrogens is 2. The Hall–Kier alpha value is -1.94. The van der Waals surface area contributed by atoms with Crippen LogP contribution in [0.2, 0.25) is 0 Å². The van der Waals surface area contributed by atoms with Gasteiger partial charge in [-0.05, 0) is 32.0 Å². The first-order chi connectivity index (χ1) is 9.76. The minimum atomic E-state index is -0.0500. The van der Waals surface area contributed by atoms with Gasteiger partial charge >= 0.3 is 0 Å². The lowest BCUT2D eigenvalue weighted by atomic mass is 10.0. The van der Waals surface area contributed by atoms with E-state index in [0.29, 0.717) is 0 Å². The smallest absolute Gasteiger partial charge is 0.149 e. The molecule has 20 heavy (non-hydrogen) atoms. The van der Waals surface area contributed by atoms with Crippen LogP contribution in [0.3, 0.4) is 0 Å². The van der Waals surface area contributed by atoms with Gasteiger partial charge in [0.05, 0.1) is 13.2 Å². The third-order valence-corrected chi connectivity index (χ3v) is 3.14. The van der Waals surface area contributed by atoms with Gasteiger partial charge < -0.3 is 10.1 Å². The van der Waals surface area contributed by atoms with Gasteiger partial charge in [0.25, 0.3) is 0 Å². The molecule has 0 spiro atoms. The summed E-state index contributed by atoms with van der Waals surface area (Å²) in [5.74, 6) is 1.63. The van der Waals surface area contributed by atoms with Gasteiger partial charge in [0.15, 0.2) is 0 Å². The van der Waals surface area contributed by atoms with Crippen molar-refractivity contribution in [3.63, 3.8) is 0 Å². The summed E-state index contributed by atoms with van der Waals surface area (Å²) in [4.78, 5) is 8.77. The van der Waals surface area contributed by atoms with E-state index in [9.17, 15) is 0 Å². The molecule has 0 aliphatic rings. The first-order valence-electron chi connectivity index (χ1n) is 6.91. The van der Waals surface area contributed by atoms with Gasteiger partial charge in [-0.2, -0.15) is 0 Å². The predicted octanol–water partition coefficient (Wildman–Crippen LogP) is 2.88. The maximum Gasteiger partial charge on any atom is 0.149 e. The quantitative estimate of drug-likeness (QED) is 0.877. The van der Waals surface area contributed by atoms with Gasteiger partial charge in [0.2, 0.25) is 0 Å². The first kappa shape index (κ1) is 14.5. The average molecular weight is 271 g/mol. The maximum atomic E-state index is 5.49. The monoisotopic (exact) mass is 271 g/mol. The van der Waals surface area contributed by atoms with Crippen molar-refractivity contribution in [2.45, 2.75) is 26.3 Å². The zero-order chi connectivity index (χ0) is 14.4. The van der Waals surface area contributed by atoms with Crippen LogP contribution < -0.4 is 10.1 Å². The Morgan fingerprint density at radius 1 is 1.25 bits per heavy atom. The van der Waals surface area contributed by atoms with Crippen molar-refractivity contribution in [2.75, 3.05) is 13.7 Å². The van der Waals surface area contributed by atoms with Crippen molar-refractivity contribution in [2.24, 2.45) is 0 Å². The lowest BCUT2D eigenvalue weighted by Gasteiger charge is -2.20. The lowest BCUT2D eigenvalue weighted by Crippen LogP contribution is -2.25. The van der Waals surface area contributed by atoms with Crippen LogP contribution in [0.1, 0.15) is 36.3 Å². The van der Waals surface area contributed by atoms with Crippen LogP contribution in [-0.2, 0) is 0 Å². The number of methoxy groups -OCH3 is 1. The highest BCUT2D eigenvalue weighted by molar-refractivity contribution is 5.41. The third kappa shape index (κ3) is 3.33. The number of hydrogen-bond donors (Lipinski definition) is 1. The van der Waals surface area contributed by atoms with Gasteiger partial charge in [-0.15, -0.1) is 0 Å². The van der Waals surface area contributed by atoms with Crippen molar-refractivity contribution in [3.8, 4) is 5.75 Å². The van der Waals surface area contributed by atoms with Crippen LogP contribution >= 0.6 is 0 Å². The van der Waals surface area contributed by atoms with Crippen LogP contribution in [-0.4, -0.2) is 23.6 Å². The fourth-order valence-corrected chi connectivity index (χ4v) is 2.17. The van der Waals surface area contributed by atoms with Crippen LogP contribution in [0.5, 0.6) is 5.75 Å². The van der Waals surface area contributed by atoms with Crippen LogP contribution in [0, 0.1) is 6.92 Å². The fourth-order valence-electron chi connectivity index (χ4n) is 2.17. The minimum Gasteiger partial charge on any atom is -0.496 e. The van der Waals surface area contributed by atoms with Crippen LogP contribution in [0.15, 0.2) is 36.7 Å². The number of nitrogens with zero attached hydrogens (tertiary/aromatic N) is 2. The molecule has 106 valence electrons. The molecule has 0 saturated carbocycles. The normalized spacial score (nSPS) is 12.2. The molecule has 2 aromatic rings. The van der Waals surface area contributed by atoms with E-state index in [-0.39, 0.29) is 6.04 Å². The number of ether oxygens (including phenoxy) is 1. The molecule has 1 N–H and O–H groups in total. The lowest BCUT2D eigenvalue weighted by molar-refractivity contribution is 0.402. The predicted molar refractivity (Wildman–Crippen MR) is 79.9 cm³/mol. The topological polar surface area (TPSA) is 47.0 Å². The van der Waals surface area contributed by atoms with Crippen LogP contribution in [0.4, 0.5) is 0 Å². The van der Waals surface area contributed by atoms with E-state index in [0.717, 1.165) is 30.1 Å². The summed E-state index contributed by atoms with van der Waals surface area (Å²) < 4.78 is 5.49. The van der Waals surface area contributed by atoms with Gasteiger partial charge in [-0.3, -0.25) is 0 Å². The highest BCUT2D eigenvalue weighted by atomic mass is 16.5. The molecule has 1 aromatic heterocycles. The summed E-state index contributed by atoms with van der Waals surface area (Å²) in [6.45, 7) is 5.12. The SMILES string of the molecule is CCCNC(c1ncccn1)c1cc(C)ccc1OC. The molecule has 4 nitrogen and oxygen atoms in total. The first-order valence-corrected chi connectivity index (χ1v) is 6.91. The second kappa shape index (κ2) is 7.01. The third-order valence-electron chi connectivity index (χ3n) is 3.14. The minimum absolute atomic E-state index is 0.0500. The molecule has 1 heterocycles. The molecule has 0 fully saturated rings. The van der Waals surface area contributed by atoms with E-state index in [1.165, 1.54) is 5.56 Å². The Bertz CT molecular complexity index is 543. The molecular formula is C16H21N3O. The summed E-state index contributed by atoms with van der Waals surface area (Å²) in [5, 5.41) is 3.50. The molecule has 1 aromatic carbocycles. The molecule has 4 heteroatoms. The van der Waals surface area contributed by atoms with Crippen molar-refractivity contribution in [1.29, 1.82) is 0 Å². The molecule has 0 aliphatic heterocycles. The molecule has 0 saturated heterocycles. The van der Waals surface area contributed by atoms with E-state index in [1.54, 1.807) is 19.5 Å². The number of benzene rings is 1. The van der Waals surface area contributed by atoms with Crippen molar-refractivity contribution in [1.82, 2.24) is 15.3 Å². The van der Waals surface area contributed by atoms with Crippen molar-refractivity contribution in [3.05, 3.63) is 53.6 Å². The fraction of sp³-hybridized carbons (Fsp3) is 0.375. The number of nitrogens with one attached hydrogen (secondary N) is 1. The standard InChI is InChI=1S/C16H21N3O/c1-4-8-17-15(16-18-9-5-10-19-16)13-11-12(2)6-7-14(13)20-3/h5-7,9-11,15,17H,4,8H2,1-3H3. The molecule has 0 bridgehead atoms. The zero-order valence-corrected chi connectivity index (χ0v) is 12.3. The van der Waals surface area contributed by atoms with E-state index in [1.807, 2.05) is 18.2 Å². The summed E-state index contributed by atoms with van der Waals surface area (Å²) in [6.07, 6.45) is 4.59. The molecule has 0 radical (unpaired) electrons. The summed E-state index contributed by atoms with van der Waals surface area (Å²) >= 11 is 0. The molecular weight excluding hydrogens is 250 g/mol. The second-order valence-corrected chi connectivity index (χ2v) is 4.74. The van der Waals surface area contributed by atoms with Gasteiger partial charge in [-0.1, -0.05) is 24.6 Å². The average Bonchev–Trinajstić information content (AvgIpc) is 2.49. The van der Waals surface area contributed by atoms with Gasteiger partial charge in [0.1, 0.15) is 11.6 Å². The van der Waals surface area contributed by atoms with E-state index >= 15 is 0 Å². The Kier molecular flexibility index (Phi) is 5.07. The Morgan fingerprint density at radius 2 is 2.00 bits per heavy atom. The number of aryl methyl sites for hydroxylation is 1. The van der Waals surface area contributed by atoms with Crippen molar-refractivity contribution < 1.29 is 4.74 Å². The van der Waals surface area contributed by atoms with Gasteiger partial charge in [-0.25, -0.2) is 9.97 Å². The largest absolute Gasteiger partial charge is 0.496 e. The zero-order valence-electron chi connectivity index (χ0n) is 12.3. The second-order valence-electron chi connectivity index (χ2n) is 4.74. The number of rotatable bonds is 6. The van der Waals surface area contributed by atoms with Crippen LogP contribution in [0.25, 0.3) is 0 Å². The summed E-state index contributed by atoms with van der Waals surface area (Å²) in [5.41, 5.74) is 2.27. The number of hydrogen-bond acceptors (Lipinski definition) is 4. The molecule has 1 atom stereocenters. The Morgan fingerprint density at radius 3 is 2.65 bits per heavy atom. The Labute approximate surface area is 120 Å². The molecule has 0 amide bonds.